The molecule has 0 spiro atoms. The summed E-state index contributed by atoms with van der Waals surface area (Å²) in [4.78, 5) is 16.0. The number of para-hydroxylation sites is 1. The third kappa shape index (κ3) is 3.63. The molecule has 0 radical (unpaired) electrons. The molecular formula is C19H14F3NO2. The van der Waals surface area contributed by atoms with Crippen molar-refractivity contribution in [3.05, 3.63) is 60.2 Å². The molecule has 25 heavy (non-hydrogen) atoms. The summed E-state index contributed by atoms with van der Waals surface area (Å²) in [5.41, 5.74) is 0.823. The Morgan fingerprint density at radius 1 is 1.04 bits per heavy atom. The Labute approximate surface area is 142 Å². The first-order valence-corrected chi connectivity index (χ1v) is 7.66. The summed E-state index contributed by atoms with van der Waals surface area (Å²) in [6, 6.07) is 13.5. The molecule has 0 saturated heterocycles. The fourth-order valence-corrected chi connectivity index (χ4v) is 2.39. The lowest BCUT2D eigenvalue weighted by molar-refractivity contribution is -0.137. The Bertz CT molecular complexity index is 918. The molecule has 3 nitrogen and oxygen atoms in total. The highest BCUT2D eigenvalue weighted by Crippen LogP contribution is 2.32. The molecule has 0 unspecified atom stereocenters. The fraction of sp³-hybridized carbons (Fsp3) is 0.158. The SMILES string of the molecule is CCC(=O)Oc1cccc2ccc(-c3ccc(C(F)(F)F)cc3)nc12. The van der Waals surface area contributed by atoms with Gasteiger partial charge in [-0.25, -0.2) is 4.98 Å². The van der Waals surface area contributed by atoms with Crippen LogP contribution >= 0.6 is 0 Å². The van der Waals surface area contributed by atoms with Crippen LogP contribution in [0.3, 0.4) is 0 Å². The van der Waals surface area contributed by atoms with Crippen LogP contribution in [0.5, 0.6) is 5.75 Å². The number of rotatable bonds is 3. The average Bonchev–Trinajstić information content (AvgIpc) is 2.61. The quantitative estimate of drug-likeness (QED) is 0.482. The van der Waals surface area contributed by atoms with Gasteiger partial charge in [-0.2, -0.15) is 13.2 Å². The Kier molecular flexibility index (Phi) is 4.44. The average molecular weight is 345 g/mol. The van der Waals surface area contributed by atoms with Gasteiger partial charge in [-0.3, -0.25) is 4.79 Å². The fourth-order valence-electron chi connectivity index (χ4n) is 2.39. The van der Waals surface area contributed by atoms with Gasteiger partial charge in [0.25, 0.3) is 0 Å². The molecule has 1 heterocycles. The number of nitrogens with zero attached hydrogens (tertiary/aromatic N) is 1. The van der Waals surface area contributed by atoms with Gasteiger partial charge in [0.2, 0.25) is 0 Å². The number of halogens is 3. The summed E-state index contributed by atoms with van der Waals surface area (Å²) in [5.74, 6) is -0.0488. The maximum Gasteiger partial charge on any atom is 0.416 e. The van der Waals surface area contributed by atoms with Gasteiger partial charge in [0.05, 0.1) is 11.3 Å². The maximum atomic E-state index is 12.7. The highest BCUT2D eigenvalue weighted by Gasteiger charge is 2.30. The normalized spacial score (nSPS) is 11.5. The second kappa shape index (κ2) is 6.55. The molecule has 0 saturated carbocycles. The lowest BCUT2D eigenvalue weighted by Crippen LogP contribution is -2.06. The second-order valence-corrected chi connectivity index (χ2v) is 5.43. The van der Waals surface area contributed by atoms with Crippen LogP contribution in [0.2, 0.25) is 0 Å². The van der Waals surface area contributed by atoms with E-state index in [9.17, 15) is 18.0 Å². The molecule has 0 N–H and O–H groups in total. The molecule has 3 rings (SSSR count). The summed E-state index contributed by atoms with van der Waals surface area (Å²) >= 11 is 0. The number of aromatic nitrogens is 1. The highest BCUT2D eigenvalue weighted by atomic mass is 19.4. The van der Waals surface area contributed by atoms with Crippen molar-refractivity contribution >= 4 is 16.9 Å². The van der Waals surface area contributed by atoms with Crippen LogP contribution in [0, 0.1) is 0 Å². The van der Waals surface area contributed by atoms with Gasteiger partial charge in [0, 0.05) is 17.4 Å². The number of carbonyl (C=O) groups excluding carboxylic acids is 1. The molecule has 0 aliphatic carbocycles. The van der Waals surface area contributed by atoms with E-state index in [4.69, 9.17) is 4.74 Å². The van der Waals surface area contributed by atoms with Crippen molar-refractivity contribution < 1.29 is 22.7 Å². The van der Waals surface area contributed by atoms with Gasteiger partial charge in [-0.05, 0) is 24.3 Å². The minimum Gasteiger partial charge on any atom is -0.424 e. The number of esters is 1. The van der Waals surface area contributed by atoms with Crippen LogP contribution < -0.4 is 4.74 Å². The summed E-state index contributed by atoms with van der Waals surface area (Å²) in [6.07, 6.45) is -4.15. The van der Waals surface area contributed by atoms with E-state index in [1.807, 2.05) is 6.07 Å². The largest absolute Gasteiger partial charge is 0.424 e. The van der Waals surface area contributed by atoms with E-state index in [0.717, 1.165) is 17.5 Å². The monoisotopic (exact) mass is 345 g/mol. The number of pyridine rings is 1. The molecule has 0 aliphatic heterocycles. The smallest absolute Gasteiger partial charge is 0.416 e. The Hall–Kier alpha value is -2.89. The number of hydrogen-bond acceptors (Lipinski definition) is 3. The second-order valence-electron chi connectivity index (χ2n) is 5.43. The molecule has 1 aromatic heterocycles. The predicted molar refractivity (Wildman–Crippen MR) is 88.1 cm³/mol. The van der Waals surface area contributed by atoms with E-state index >= 15 is 0 Å². The first-order chi connectivity index (χ1) is 11.9. The standard InChI is InChI=1S/C19H14F3NO2/c1-2-17(24)25-16-5-3-4-13-8-11-15(23-18(13)16)12-6-9-14(10-7-12)19(20,21)22/h3-11H,2H2,1H3. The molecule has 0 amide bonds. The van der Waals surface area contributed by atoms with Gasteiger partial charge >= 0.3 is 12.1 Å². The molecule has 0 aliphatic rings. The Morgan fingerprint density at radius 2 is 1.76 bits per heavy atom. The van der Waals surface area contributed by atoms with Crippen LogP contribution in [0.4, 0.5) is 13.2 Å². The minimum atomic E-state index is -4.38. The van der Waals surface area contributed by atoms with E-state index in [1.165, 1.54) is 12.1 Å². The molecular weight excluding hydrogens is 331 g/mol. The number of fused-ring (bicyclic) bond motifs is 1. The van der Waals surface area contributed by atoms with E-state index in [0.29, 0.717) is 22.5 Å². The van der Waals surface area contributed by atoms with Crippen LogP contribution in [0.15, 0.2) is 54.6 Å². The number of alkyl halides is 3. The van der Waals surface area contributed by atoms with E-state index < -0.39 is 11.7 Å². The lowest BCUT2D eigenvalue weighted by atomic mass is 10.1. The number of carbonyl (C=O) groups is 1. The van der Waals surface area contributed by atoms with Crippen molar-refractivity contribution in [1.82, 2.24) is 4.98 Å². The Morgan fingerprint density at radius 3 is 2.40 bits per heavy atom. The third-order valence-electron chi connectivity index (χ3n) is 3.70. The van der Waals surface area contributed by atoms with Crippen molar-refractivity contribution in [1.29, 1.82) is 0 Å². The van der Waals surface area contributed by atoms with Crippen LogP contribution in [-0.2, 0) is 11.0 Å². The van der Waals surface area contributed by atoms with Gasteiger partial charge < -0.3 is 4.74 Å². The van der Waals surface area contributed by atoms with E-state index in [1.54, 1.807) is 31.2 Å². The molecule has 6 heteroatoms. The molecule has 0 bridgehead atoms. The maximum absolute atomic E-state index is 12.7. The summed E-state index contributed by atoms with van der Waals surface area (Å²) in [6.45, 7) is 1.69. The first-order valence-electron chi connectivity index (χ1n) is 7.66. The van der Waals surface area contributed by atoms with Crippen molar-refractivity contribution in [2.24, 2.45) is 0 Å². The zero-order chi connectivity index (χ0) is 18.0. The van der Waals surface area contributed by atoms with Crippen molar-refractivity contribution in [2.45, 2.75) is 19.5 Å². The third-order valence-corrected chi connectivity index (χ3v) is 3.70. The molecule has 3 aromatic rings. The first kappa shape index (κ1) is 17.0. The van der Waals surface area contributed by atoms with E-state index in [-0.39, 0.29) is 12.4 Å². The number of hydrogen-bond donors (Lipinski definition) is 0. The van der Waals surface area contributed by atoms with Gasteiger partial charge in [-0.15, -0.1) is 0 Å². The summed E-state index contributed by atoms with van der Waals surface area (Å²) in [7, 11) is 0. The minimum absolute atomic E-state index is 0.231. The van der Waals surface area contributed by atoms with E-state index in [2.05, 4.69) is 4.98 Å². The van der Waals surface area contributed by atoms with Gasteiger partial charge in [-0.1, -0.05) is 37.3 Å². The summed E-state index contributed by atoms with van der Waals surface area (Å²) < 4.78 is 43.3. The van der Waals surface area contributed by atoms with Crippen molar-refractivity contribution in [3.8, 4) is 17.0 Å². The molecule has 128 valence electrons. The molecule has 0 fully saturated rings. The topological polar surface area (TPSA) is 39.2 Å². The molecule has 2 aromatic carbocycles. The Balaban J connectivity index is 2.03. The number of benzene rings is 2. The zero-order valence-corrected chi connectivity index (χ0v) is 13.3. The van der Waals surface area contributed by atoms with Crippen LogP contribution in [0.25, 0.3) is 22.2 Å². The highest BCUT2D eigenvalue weighted by molar-refractivity contribution is 5.88. The van der Waals surface area contributed by atoms with Crippen LogP contribution in [0.1, 0.15) is 18.9 Å². The van der Waals surface area contributed by atoms with Crippen molar-refractivity contribution in [2.75, 3.05) is 0 Å². The van der Waals surface area contributed by atoms with Gasteiger partial charge in [0.15, 0.2) is 5.75 Å². The van der Waals surface area contributed by atoms with Crippen LogP contribution in [-0.4, -0.2) is 11.0 Å². The predicted octanol–water partition coefficient (Wildman–Crippen LogP) is 5.24. The lowest BCUT2D eigenvalue weighted by Gasteiger charge is -2.10. The zero-order valence-electron chi connectivity index (χ0n) is 13.3. The van der Waals surface area contributed by atoms with Gasteiger partial charge in [0.1, 0.15) is 5.52 Å². The number of ether oxygens (including phenoxy) is 1. The van der Waals surface area contributed by atoms with Crippen molar-refractivity contribution in [3.63, 3.8) is 0 Å². The molecule has 0 atom stereocenters. The summed E-state index contributed by atoms with van der Waals surface area (Å²) in [5, 5.41) is 0.775.